The number of methoxy groups -OCH3 is 2. The number of carbonyl (C=O) groups excluding carboxylic acids is 1. The normalized spacial score (nSPS) is 15.5. The highest BCUT2D eigenvalue weighted by atomic mass is 32.2. The topological polar surface area (TPSA) is 84.8 Å². The van der Waals surface area contributed by atoms with E-state index in [1.54, 1.807) is 20.4 Å². The van der Waals surface area contributed by atoms with E-state index in [2.05, 4.69) is 20.6 Å². The summed E-state index contributed by atoms with van der Waals surface area (Å²) in [7, 11) is 3.18. The van der Waals surface area contributed by atoms with Gasteiger partial charge in [0.15, 0.2) is 11.5 Å². The summed E-state index contributed by atoms with van der Waals surface area (Å²) < 4.78 is 24.6. The zero-order chi connectivity index (χ0) is 21.8. The smallest absolute Gasteiger partial charge is 0.320 e. The Morgan fingerprint density at radius 2 is 1.90 bits per heavy atom. The van der Waals surface area contributed by atoms with Crippen LogP contribution in [0.2, 0.25) is 0 Å². The van der Waals surface area contributed by atoms with E-state index in [0.717, 1.165) is 20.2 Å². The number of urea groups is 1. The van der Waals surface area contributed by atoms with Crippen molar-refractivity contribution in [1.82, 2.24) is 10.3 Å². The monoisotopic (exact) mass is 458 g/mol. The van der Waals surface area contributed by atoms with Crippen LogP contribution >= 0.6 is 23.5 Å². The Balaban J connectivity index is 1.40. The Morgan fingerprint density at radius 3 is 2.65 bits per heavy atom. The van der Waals surface area contributed by atoms with Crippen LogP contribution in [0.5, 0.6) is 11.5 Å². The molecule has 1 atom stereocenters. The average molecular weight is 459 g/mol. The summed E-state index contributed by atoms with van der Waals surface area (Å²) in [6, 6.07) is 10.9. The number of anilines is 1. The second kappa shape index (κ2) is 9.44. The lowest BCUT2D eigenvalue weighted by Crippen LogP contribution is -2.36. The van der Waals surface area contributed by atoms with Crippen LogP contribution in [0.3, 0.4) is 0 Å². The van der Waals surface area contributed by atoms with Gasteiger partial charge in [-0.15, -0.1) is 0 Å². The lowest BCUT2D eigenvalue weighted by Gasteiger charge is -2.13. The van der Waals surface area contributed by atoms with Gasteiger partial charge in [-0.3, -0.25) is 9.98 Å². The van der Waals surface area contributed by atoms with Gasteiger partial charge in [0, 0.05) is 28.2 Å². The van der Waals surface area contributed by atoms with E-state index < -0.39 is 0 Å². The maximum atomic E-state index is 13.0. The zero-order valence-electron chi connectivity index (χ0n) is 16.7. The van der Waals surface area contributed by atoms with Crippen LogP contribution in [0.15, 0.2) is 58.5 Å². The molecule has 0 saturated carbocycles. The summed E-state index contributed by atoms with van der Waals surface area (Å²) in [5.41, 5.74) is 1.31. The molecule has 0 saturated heterocycles. The predicted molar refractivity (Wildman–Crippen MR) is 123 cm³/mol. The van der Waals surface area contributed by atoms with Crippen molar-refractivity contribution < 1.29 is 18.7 Å². The number of aliphatic imine (C=N–C) groups is 1. The fourth-order valence-electron chi connectivity index (χ4n) is 2.96. The number of amides is 2. The number of nitrogens with zero attached hydrogens (tertiary/aromatic N) is 2. The number of ether oxygens (including phenoxy) is 2. The van der Waals surface area contributed by atoms with E-state index in [0.29, 0.717) is 23.7 Å². The van der Waals surface area contributed by atoms with Gasteiger partial charge in [-0.1, -0.05) is 23.5 Å². The molecule has 0 spiro atoms. The number of nitrogens with one attached hydrogen (secondary N) is 2. The van der Waals surface area contributed by atoms with Crippen molar-refractivity contribution in [2.45, 2.75) is 10.3 Å². The average Bonchev–Trinajstić information content (AvgIpc) is 3.21. The van der Waals surface area contributed by atoms with Crippen molar-refractivity contribution in [3.8, 4) is 11.5 Å². The fourth-order valence-corrected chi connectivity index (χ4v) is 5.21. The first-order valence-electron chi connectivity index (χ1n) is 9.28. The van der Waals surface area contributed by atoms with E-state index in [9.17, 15) is 9.18 Å². The molecule has 2 heterocycles. The quantitative estimate of drug-likeness (QED) is 0.575. The van der Waals surface area contributed by atoms with Crippen LogP contribution < -0.4 is 20.1 Å². The van der Waals surface area contributed by atoms with Gasteiger partial charge in [0.25, 0.3) is 0 Å². The van der Waals surface area contributed by atoms with E-state index in [1.807, 2.05) is 18.2 Å². The van der Waals surface area contributed by atoms with Crippen LogP contribution in [0.1, 0.15) is 0 Å². The van der Waals surface area contributed by atoms with Crippen molar-refractivity contribution in [3.05, 3.63) is 54.5 Å². The largest absolute Gasteiger partial charge is 0.493 e. The van der Waals surface area contributed by atoms with Crippen LogP contribution in [0.4, 0.5) is 14.9 Å². The van der Waals surface area contributed by atoms with Crippen molar-refractivity contribution in [3.63, 3.8) is 0 Å². The van der Waals surface area contributed by atoms with Crippen LogP contribution in [-0.4, -0.2) is 41.5 Å². The van der Waals surface area contributed by atoms with Gasteiger partial charge < -0.3 is 20.1 Å². The number of pyridine rings is 1. The predicted octanol–water partition coefficient (Wildman–Crippen LogP) is 4.73. The molecule has 0 radical (unpaired) electrons. The second-order valence-electron chi connectivity index (χ2n) is 6.45. The molecule has 0 fully saturated rings. The van der Waals surface area contributed by atoms with Gasteiger partial charge in [-0.2, -0.15) is 0 Å². The Morgan fingerprint density at radius 1 is 1.16 bits per heavy atom. The number of thioether (sulfide) groups is 2. The van der Waals surface area contributed by atoms with Gasteiger partial charge in [0.05, 0.1) is 26.3 Å². The SMILES string of the molecule is COc1cc2nccc(SC3=NCC(NC(=O)Nc4ccc(F)cc4)S3)c2cc1OC. The van der Waals surface area contributed by atoms with Crippen molar-refractivity contribution in [1.29, 1.82) is 0 Å². The molecule has 2 N–H and O–H groups in total. The summed E-state index contributed by atoms with van der Waals surface area (Å²) in [5, 5.41) is 6.30. The van der Waals surface area contributed by atoms with Gasteiger partial charge in [-0.05, 0) is 36.4 Å². The molecule has 0 aliphatic carbocycles. The standard InChI is InChI=1S/C21H19FN4O3S2/c1-28-16-9-14-15(10-17(16)29-2)23-8-7-18(14)30-21-24-11-19(31-21)26-20(27)25-13-5-3-12(22)4-6-13/h3-10,19H,11H2,1-2H3,(H2,25,26,27). The molecule has 160 valence electrons. The highest BCUT2D eigenvalue weighted by Crippen LogP contribution is 2.39. The van der Waals surface area contributed by atoms with Crippen LogP contribution in [0, 0.1) is 5.82 Å². The molecule has 1 unspecified atom stereocenters. The summed E-state index contributed by atoms with van der Waals surface area (Å²) in [6.45, 7) is 0.462. The number of hydrogen-bond donors (Lipinski definition) is 2. The molecule has 1 aliphatic heterocycles. The van der Waals surface area contributed by atoms with Gasteiger partial charge >= 0.3 is 6.03 Å². The lowest BCUT2D eigenvalue weighted by molar-refractivity contribution is 0.251. The molecule has 7 nitrogen and oxygen atoms in total. The minimum absolute atomic E-state index is 0.189. The molecule has 31 heavy (non-hydrogen) atoms. The number of aromatic nitrogens is 1. The summed E-state index contributed by atoms with van der Waals surface area (Å²) in [4.78, 5) is 22.1. The maximum absolute atomic E-state index is 13.0. The number of carbonyl (C=O) groups is 1. The molecule has 4 rings (SSSR count). The second-order valence-corrected chi connectivity index (χ2v) is 8.93. The van der Waals surface area contributed by atoms with E-state index in [1.165, 1.54) is 47.8 Å². The highest BCUT2D eigenvalue weighted by Gasteiger charge is 2.23. The van der Waals surface area contributed by atoms with Gasteiger partial charge in [0.2, 0.25) is 0 Å². The molecule has 10 heteroatoms. The Hall–Kier alpha value is -2.98. The molecular formula is C21H19FN4O3S2. The first-order chi connectivity index (χ1) is 15.1. The minimum Gasteiger partial charge on any atom is -0.493 e. The lowest BCUT2D eigenvalue weighted by atomic mass is 10.2. The Kier molecular flexibility index (Phi) is 6.47. The van der Waals surface area contributed by atoms with Gasteiger partial charge in [0.1, 0.15) is 15.6 Å². The summed E-state index contributed by atoms with van der Waals surface area (Å²) in [6.07, 6.45) is 1.74. The molecule has 0 bridgehead atoms. The number of benzene rings is 2. The van der Waals surface area contributed by atoms with Gasteiger partial charge in [-0.25, -0.2) is 9.18 Å². The first-order valence-corrected chi connectivity index (χ1v) is 11.0. The number of rotatable bonds is 5. The van der Waals surface area contributed by atoms with Crippen molar-refractivity contribution in [2.24, 2.45) is 4.99 Å². The van der Waals surface area contributed by atoms with Crippen LogP contribution in [0.25, 0.3) is 10.9 Å². The Labute approximate surface area is 186 Å². The molecule has 3 aromatic rings. The minimum atomic E-state index is -0.364. The summed E-state index contributed by atoms with van der Waals surface area (Å²) in [5.74, 6) is 0.892. The van der Waals surface area contributed by atoms with E-state index >= 15 is 0 Å². The zero-order valence-corrected chi connectivity index (χ0v) is 18.3. The third kappa shape index (κ3) is 5.02. The maximum Gasteiger partial charge on any atom is 0.320 e. The first kappa shape index (κ1) is 21.3. The van der Waals surface area contributed by atoms with Crippen LogP contribution in [-0.2, 0) is 0 Å². The molecular weight excluding hydrogens is 439 g/mol. The van der Waals surface area contributed by atoms with Crippen molar-refractivity contribution >= 4 is 50.5 Å². The fraction of sp³-hybridized carbons (Fsp3) is 0.190. The number of fused-ring (bicyclic) bond motifs is 1. The van der Waals surface area contributed by atoms with E-state index in [-0.39, 0.29) is 17.2 Å². The summed E-state index contributed by atoms with van der Waals surface area (Å²) >= 11 is 2.99. The van der Waals surface area contributed by atoms with E-state index in [4.69, 9.17) is 9.47 Å². The Bertz CT molecular complexity index is 1140. The highest BCUT2D eigenvalue weighted by molar-refractivity contribution is 8.39. The number of hydrogen-bond acceptors (Lipinski definition) is 7. The van der Waals surface area contributed by atoms with Crippen molar-refractivity contribution in [2.75, 3.05) is 26.1 Å². The molecule has 1 aromatic heterocycles. The molecule has 1 aliphatic rings. The number of halogens is 1. The molecule has 2 aromatic carbocycles. The third-order valence-corrected chi connectivity index (χ3v) is 6.73. The molecule has 2 amide bonds. The third-order valence-electron chi connectivity index (χ3n) is 4.43.